The first-order valence-corrected chi connectivity index (χ1v) is 7.92. The molecule has 0 spiro atoms. The summed E-state index contributed by atoms with van der Waals surface area (Å²) < 4.78 is 0. The molecule has 0 radical (unpaired) electrons. The Morgan fingerprint density at radius 1 is 1.10 bits per heavy atom. The van der Waals surface area contributed by atoms with Crippen LogP contribution in [0.1, 0.15) is 31.2 Å². The van der Waals surface area contributed by atoms with E-state index in [9.17, 15) is 0 Å². The lowest BCUT2D eigenvalue weighted by Crippen LogP contribution is -2.26. The largest absolute Gasteiger partial charge is 0.312 e. The van der Waals surface area contributed by atoms with E-state index in [0.29, 0.717) is 0 Å². The van der Waals surface area contributed by atoms with Gasteiger partial charge in [0.2, 0.25) is 0 Å². The third kappa shape index (κ3) is 2.22. The molecule has 2 saturated carbocycles. The van der Waals surface area contributed by atoms with Crippen LogP contribution in [0.4, 0.5) is 0 Å². The van der Waals surface area contributed by atoms with E-state index < -0.39 is 0 Å². The summed E-state index contributed by atoms with van der Waals surface area (Å²) in [4.78, 5) is 4.36. The molecule has 1 aromatic carbocycles. The minimum atomic E-state index is 0.927. The number of hydrogen-bond donors (Lipinski definition) is 1. The maximum Gasteiger partial charge on any atom is 0.0346 e. The summed E-state index contributed by atoms with van der Waals surface area (Å²) in [6.07, 6.45) is 9.90. The molecule has 2 aromatic rings. The van der Waals surface area contributed by atoms with E-state index in [1.165, 1.54) is 48.6 Å². The molecule has 2 aliphatic rings. The van der Waals surface area contributed by atoms with Gasteiger partial charge in [-0.1, -0.05) is 30.7 Å². The lowest BCUT2D eigenvalue weighted by atomic mass is 9.89. The number of nitrogens with zero attached hydrogens (tertiary/aromatic N) is 1. The average Bonchev–Trinajstić information content (AvgIpc) is 3.10. The average molecular weight is 266 g/mol. The zero-order valence-corrected chi connectivity index (χ0v) is 11.9. The topological polar surface area (TPSA) is 24.9 Å². The first-order chi connectivity index (χ1) is 9.90. The number of fused-ring (bicyclic) bond motifs is 3. The maximum atomic E-state index is 4.36. The van der Waals surface area contributed by atoms with E-state index in [2.05, 4.69) is 34.6 Å². The normalized spacial score (nSPS) is 28.3. The van der Waals surface area contributed by atoms with Gasteiger partial charge in [0.25, 0.3) is 0 Å². The van der Waals surface area contributed by atoms with Gasteiger partial charge in [-0.3, -0.25) is 4.98 Å². The van der Waals surface area contributed by atoms with Crippen molar-refractivity contribution in [2.75, 3.05) is 6.54 Å². The number of rotatable bonds is 4. The Bertz CT molecular complexity index is 602. The van der Waals surface area contributed by atoms with Crippen LogP contribution < -0.4 is 5.32 Å². The summed E-state index contributed by atoms with van der Waals surface area (Å²) in [5.74, 6) is 2.99. The fraction of sp³-hybridized carbons (Fsp3) is 0.500. The Balaban J connectivity index is 1.41. The first-order valence-electron chi connectivity index (χ1n) is 7.92. The van der Waals surface area contributed by atoms with Gasteiger partial charge in [-0.05, 0) is 54.5 Å². The smallest absolute Gasteiger partial charge is 0.0346 e. The molecular weight excluding hydrogens is 244 g/mol. The van der Waals surface area contributed by atoms with Crippen molar-refractivity contribution in [1.29, 1.82) is 0 Å². The Labute approximate surface area is 120 Å². The maximum absolute atomic E-state index is 4.36. The predicted octanol–water partition coefficient (Wildman–Crippen LogP) is 3.76. The van der Waals surface area contributed by atoms with Crippen LogP contribution in [0, 0.1) is 17.8 Å². The van der Waals surface area contributed by atoms with Gasteiger partial charge in [-0.25, -0.2) is 0 Å². The van der Waals surface area contributed by atoms with Crippen molar-refractivity contribution < 1.29 is 0 Å². The molecule has 2 heteroatoms. The monoisotopic (exact) mass is 266 g/mol. The van der Waals surface area contributed by atoms with Crippen LogP contribution in [-0.2, 0) is 6.54 Å². The summed E-state index contributed by atoms with van der Waals surface area (Å²) in [5, 5.41) is 6.26. The molecule has 4 rings (SSSR count). The third-order valence-corrected chi connectivity index (χ3v) is 5.36. The van der Waals surface area contributed by atoms with E-state index >= 15 is 0 Å². The highest BCUT2D eigenvalue weighted by molar-refractivity contribution is 5.84. The Morgan fingerprint density at radius 3 is 2.90 bits per heavy atom. The van der Waals surface area contributed by atoms with E-state index in [1.54, 1.807) is 0 Å². The lowest BCUT2D eigenvalue weighted by Gasteiger charge is -2.22. The fourth-order valence-electron chi connectivity index (χ4n) is 4.34. The molecule has 3 atom stereocenters. The highest BCUT2D eigenvalue weighted by Gasteiger charge is 2.38. The second kappa shape index (κ2) is 5.17. The molecule has 104 valence electrons. The number of benzene rings is 1. The van der Waals surface area contributed by atoms with Crippen LogP contribution in [0.2, 0.25) is 0 Å². The highest BCUT2D eigenvalue weighted by Crippen LogP contribution is 2.47. The van der Waals surface area contributed by atoms with E-state index in [1.807, 2.05) is 12.4 Å². The quantitative estimate of drug-likeness (QED) is 0.911. The first kappa shape index (κ1) is 12.3. The Hall–Kier alpha value is -1.41. The molecule has 0 aliphatic heterocycles. The zero-order chi connectivity index (χ0) is 13.4. The van der Waals surface area contributed by atoms with Crippen LogP contribution in [0.15, 0.2) is 36.7 Å². The molecule has 20 heavy (non-hydrogen) atoms. The molecule has 2 nitrogen and oxygen atoms in total. The number of hydrogen-bond acceptors (Lipinski definition) is 2. The van der Waals surface area contributed by atoms with Crippen LogP contribution in [0.5, 0.6) is 0 Å². The number of pyridine rings is 1. The van der Waals surface area contributed by atoms with Crippen molar-refractivity contribution in [2.45, 2.75) is 32.2 Å². The van der Waals surface area contributed by atoms with E-state index in [4.69, 9.17) is 0 Å². The van der Waals surface area contributed by atoms with Crippen molar-refractivity contribution in [1.82, 2.24) is 10.3 Å². The van der Waals surface area contributed by atoms with Crippen LogP contribution in [0.3, 0.4) is 0 Å². The minimum absolute atomic E-state index is 0.927. The van der Waals surface area contributed by atoms with Gasteiger partial charge in [-0.15, -0.1) is 0 Å². The van der Waals surface area contributed by atoms with Gasteiger partial charge in [0.15, 0.2) is 0 Å². The van der Waals surface area contributed by atoms with Gasteiger partial charge in [-0.2, -0.15) is 0 Å². The molecule has 1 aromatic heterocycles. The van der Waals surface area contributed by atoms with Crippen molar-refractivity contribution >= 4 is 10.8 Å². The van der Waals surface area contributed by atoms with Gasteiger partial charge >= 0.3 is 0 Å². The summed E-state index contributed by atoms with van der Waals surface area (Å²) in [5.41, 5.74) is 1.33. The second-order valence-electron chi connectivity index (χ2n) is 6.59. The standard InChI is InChI=1S/C18H22N2/c1-2-4-18-15(3-1)9-19-11-17(18)12-20-10-16-8-13-5-6-14(16)7-13/h1-4,9,11,13-14,16,20H,5-8,10,12H2. The van der Waals surface area contributed by atoms with Crippen LogP contribution in [0.25, 0.3) is 10.8 Å². The zero-order valence-electron chi connectivity index (χ0n) is 11.9. The van der Waals surface area contributed by atoms with E-state index in [-0.39, 0.29) is 0 Å². The van der Waals surface area contributed by atoms with Crippen molar-refractivity contribution in [2.24, 2.45) is 17.8 Å². The molecule has 1 heterocycles. The molecule has 0 saturated heterocycles. The van der Waals surface area contributed by atoms with Gasteiger partial charge in [0.05, 0.1) is 0 Å². The highest BCUT2D eigenvalue weighted by atomic mass is 14.9. The summed E-state index contributed by atoms with van der Waals surface area (Å²) in [6, 6.07) is 8.53. The third-order valence-electron chi connectivity index (χ3n) is 5.36. The minimum Gasteiger partial charge on any atom is -0.312 e. The fourth-order valence-corrected chi connectivity index (χ4v) is 4.34. The van der Waals surface area contributed by atoms with Crippen molar-refractivity contribution in [3.8, 4) is 0 Å². The molecule has 0 amide bonds. The Kier molecular flexibility index (Phi) is 3.19. The van der Waals surface area contributed by atoms with Crippen LogP contribution in [-0.4, -0.2) is 11.5 Å². The summed E-state index contributed by atoms with van der Waals surface area (Å²) in [7, 11) is 0. The molecule has 2 aliphatic carbocycles. The van der Waals surface area contributed by atoms with E-state index in [0.717, 1.165) is 24.3 Å². The molecule has 3 unspecified atom stereocenters. The van der Waals surface area contributed by atoms with Gasteiger partial charge in [0, 0.05) is 24.3 Å². The van der Waals surface area contributed by atoms with Crippen molar-refractivity contribution in [3.63, 3.8) is 0 Å². The predicted molar refractivity (Wildman–Crippen MR) is 82.4 cm³/mol. The SMILES string of the molecule is c1ccc2c(CNCC3CC4CCC3C4)cncc2c1. The summed E-state index contributed by atoms with van der Waals surface area (Å²) in [6.45, 7) is 2.13. The summed E-state index contributed by atoms with van der Waals surface area (Å²) >= 11 is 0. The number of aromatic nitrogens is 1. The molecule has 1 N–H and O–H groups in total. The molecule has 2 bridgehead atoms. The van der Waals surface area contributed by atoms with Crippen LogP contribution >= 0.6 is 0 Å². The molecular formula is C18H22N2. The molecule has 2 fully saturated rings. The Morgan fingerprint density at radius 2 is 2.05 bits per heavy atom. The van der Waals surface area contributed by atoms with Gasteiger partial charge < -0.3 is 5.32 Å². The van der Waals surface area contributed by atoms with Crippen molar-refractivity contribution in [3.05, 3.63) is 42.2 Å². The number of nitrogens with one attached hydrogen (secondary N) is 1. The second-order valence-corrected chi connectivity index (χ2v) is 6.59. The lowest BCUT2D eigenvalue weighted by molar-refractivity contribution is 0.318. The van der Waals surface area contributed by atoms with Gasteiger partial charge in [0.1, 0.15) is 0 Å².